The normalized spacial score (nSPS) is 27.9. The molecule has 0 unspecified atom stereocenters. The third-order valence-electron chi connectivity index (χ3n) is 7.01. The maximum atomic E-state index is 13.1. The fraction of sp³-hybridized carbons (Fsp3) is 0.609. The first-order valence-corrected chi connectivity index (χ1v) is 12.6. The van der Waals surface area contributed by atoms with Gasteiger partial charge in [-0.05, 0) is 44.2 Å². The second-order valence-corrected chi connectivity index (χ2v) is 10.3. The molecular formula is C23H31N5O2S. The van der Waals surface area contributed by atoms with Gasteiger partial charge in [-0.25, -0.2) is 9.78 Å². The van der Waals surface area contributed by atoms with Gasteiger partial charge in [-0.2, -0.15) is 11.8 Å². The largest absolute Gasteiger partial charge is 0.333 e. The van der Waals surface area contributed by atoms with Crippen molar-refractivity contribution in [3.63, 3.8) is 0 Å². The zero-order valence-corrected chi connectivity index (χ0v) is 18.9. The van der Waals surface area contributed by atoms with Gasteiger partial charge >= 0.3 is 6.03 Å². The number of carbonyl (C=O) groups is 2. The molecule has 0 saturated carbocycles. The highest BCUT2D eigenvalue weighted by Crippen LogP contribution is 2.34. The maximum Gasteiger partial charge on any atom is 0.315 e. The predicted molar refractivity (Wildman–Crippen MR) is 123 cm³/mol. The number of para-hydroxylation sites is 2. The van der Waals surface area contributed by atoms with Crippen LogP contribution in [-0.2, 0) is 11.8 Å². The first-order chi connectivity index (χ1) is 15.1. The van der Waals surface area contributed by atoms with Gasteiger partial charge in [0.25, 0.3) is 0 Å². The van der Waals surface area contributed by atoms with Crippen molar-refractivity contribution < 1.29 is 9.59 Å². The average molecular weight is 442 g/mol. The number of benzene rings is 1. The molecule has 3 saturated heterocycles. The molecule has 0 bridgehead atoms. The lowest BCUT2D eigenvalue weighted by atomic mass is 9.99. The summed E-state index contributed by atoms with van der Waals surface area (Å²) in [5, 5.41) is 6.50. The predicted octanol–water partition coefficient (Wildman–Crippen LogP) is 3.35. The van der Waals surface area contributed by atoms with Crippen molar-refractivity contribution in [2.24, 2.45) is 7.05 Å². The molecule has 5 rings (SSSR count). The third kappa shape index (κ3) is 4.02. The van der Waals surface area contributed by atoms with Crippen LogP contribution in [0.2, 0.25) is 0 Å². The van der Waals surface area contributed by atoms with E-state index in [1.165, 1.54) is 0 Å². The van der Waals surface area contributed by atoms with Gasteiger partial charge in [0.05, 0.1) is 29.2 Å². The number of aryl methyl sites for hydroxylation is 1. The van der Waals surface area contributed by atoms with Gasteiger partial charge in [0, 0.05) is 31.0 Å². The van der Waals surface area contributed by atoms with E-state index < -0.39 is 0 Å². The summed E-state index contributed by atoms with van der Waals surface area (Å²) in [6.45, 7) is 0.826. The van der Waals surface area contributed by atoms with Crippen LogP contribution in [-0.4, -0.2) is 56.0 Å². The number of fused-ring (bicyclic) bond motifs is 2. The molecule has 7 nitrogen and oxygen atoms in total. The molecule has 4 atom stereocenters. The number of aromatic nitrogens is 2. The van der Waals surface area contributed by atoms with E-state index in [4.69, 9.17) is 4.98 Å². The number of imidazole rings is 1. The summed E-state index contributed by atoms with van der Waals surface area (Å²) < 4.78 is 2.16. The van der Waals surface area contributed by atoms with Gasteiger partial charge in [0.15, 0.2) is 0 Å². The molecule has 1 aromatic carbocycles. The van der Waals surface area contributed by atoms with E-state index in [1.54, 1.807) is 0 Å². The van der Waals surface area contributed by atoms with E-state index in [1.807, 2.05) is 30.0 Å². The zero-order valence-electron chi connectivity index (χ0n) is 18.0. The quantitative estimate of drug-likeness (QED) is 0.532. The number of nitrogens with one attached hydrogen (secondary N) is 2. The van der Waals surface area contributed by atoms with Crippen LogP contribution in [0.15, 0.2) is 24.3 Å². The Morgan fingerprint density at radius 2 is 2.10 bits per heavy atom. The molecule has 3 aliphatic heterocycles. The standard InChI is InChI=1S/C23H31N5O2S/c1-27-17-9-3-2-8-15(17)24-22(27)18-10-6-7-13-28(18)20(29)12-5-4-11-19-21-16(14-31-19)25-23(30)26-21/h2-3,8-9,16,18-19,21H,4-7,10-14H2,1H3,(H2,25,26,30)/t16-,18-,19-,21-/m0/s1. The highest BCUT2D eigenvalue weighted by molar-refractivity contribution is 8.00. The number of amides is 3. The first-order valence-electron chi connectivity index (χ1n) is 11.5. The fourth-order valence-electron chi connectivity index (χ4n) is 5.37. The summed E-state index contributed by atoms with van der Waals surface area (Å²) in [5.74, 6) is 2.25. The van der Waals surface area contributed by atoms with Crippen molar-refractivity contribution in [3.8, 4) is 0 Å². The van der Waals surface area contributed by atoms with Gasteiger partial charge in [-0.3, -0.25) is 4.79 Å². The number of nitrogens with zero attached hydrogens (tertiary/aromatic N) is 3. The molecule has 31 heavy (non-hydrogen) atoms. The highest BCUT2D eigenvalue weighted by Gasteiger charge is 2.42. The Morgan fingerprint density at radius 3 is 2.97 bits per heavy atom. The SMILES string of the molecule is Cn1c([C@@H]2CCCCN2C(=O)CCCC[C@@H]2SC[C@@H]3NC(=O)N[C@@H]32)nc2ccccc21. The molecule has 2 N–H and O–H groups in total. The number of piperidine rings is 1. The second-order valence-electron chi connectivity index (χ2n) is 8.98. The summed E-state index contributed by atoms with van der Waals surface area (Å²) in [5.41, 5.74) is 2.12. The van der Waals surface area contributed by atoms with E-state index in [-0.39, 0.29) is 30.1 Å². The molecule has 0 aliphatic carbocycles. The minimum Gasteiger partial charge on any atom is -0.333 e. The number of hydrogen-bond acceptors (Lipinski definition) is 4. The minimum atomic E-state index is -0.0337. The lowest BCUT2D eigenvalue weighted by Crippen LogP contribution is -2.39. The Labute approximate surface area is 187 Å². The third-order valence-corrected chi connectivity index (χ3v) is 8.52. The van der Waals surface area contributed by atoms with Crippen LogP contribution in [0.4, 0.5) is 4.79 Å². The van der Waals surface area contributed by atoms with Crippen molar-refractivity contribution in [3.05, 3.63) is 30.1 Å². The van der Waals surface area contributed by atoms with E-state index in [0.717, 1.165) is 67.7 Å². The number of carbonyl (C=O) groups excluding carboxylic acids is 2. The topological polar surface area (TPSA) is 79.3 Å². The molecule has 8 heteroatoms. The van der Waals surface area contributed by atoms with Crippen molar-refractivity contribution in [1.82, 2.24) is 25.1 Å². The molecule has 3 fully saturated rings. The summed E-state index contributed by atoms with van der Waals surface area (Å²) in [7, 11) is 2.06. The Balaban J connectivity index is 1.18. The Hall–Kier alpha value is -2.22. The summed E-state index contributed by atoms with van der Waals surface area (Å²) in [6, 6.07) is 8.74. The smallest absolute Gasteiger partial charge is 0.315 e. The van der Waals surface area contributed by atoms with Gasteiger partial charge in [-0.1, -0.05) is 18.6 Å². The number of thioether (sulfide) groups is 1. The monoisotopic (exact) mass is 441 g/mol. The Morgan fingerprint density at radius 1 is 1.23 bits per heavy atom. The first kappa shape index (κ1) is 20.7. The Bertz CT molecular complexity index is 976. The molecule has 0 spiro atoms. The van der Waals surface area contributed by atoms with Crippen LogP contribution in [0.3, 0.4) is 0 Å². The molecule has 3 amide bonds. The lowest BCUT2D eigenvalue weighted by molar-refractivity contribution is -0.135. The fourth-order valence-corrected chi connectivity index (χ4v) is 6.91. The van der Waals surface area contributed by atoms with Crippen molar-refractivity contribution in [2.45, 2.75) is 68.3 Å². The van der Waals surface area contributed by atoms with Crippen LogP contribution in [0.1, 0.15) is 56.8 Å². The van der Waals surface area contributed by atoms with Crippen LogP contribution in [0.5, 0.6) is 0 Å². The Kier molecular flexibility index (Phi) is 5.82. The molecule has 166 valence electrons. The van der Waals surface area contributed by atoms with Gasteiger partial charge in [0.2, 0.25) is 5.91 Å². The zero-order chi connectivity index (χ0) is 21.4. The number of urea groups is 1. The average Bonchev–Trinajstić information content (AvgIpc) is 3.44. The van der Waals surface area contributed by atoms with E-state index >= 15 is 0 Å². The van der Waals surface area contributed by atoms with Crippen molar-refractivity contribution in [1.29, 1.82) is 0 Å². The van der Waals surface area contributed by atoms with Crippen LogP contribution < -0.4 is 10.6 Å². The molecule has 0 radical (unpaired) electrons. The van der Waals surface area contributed by atoms with Gasteiger partial charge < -0.3 is 20.1 Å². The van der Waals surface area contributed by atoms with Crippen LogP contribution in [0.25, 0.3) is 11.0 Å². The summed E-state index contributed by atoms with van der Waals surface area (Å²) in [4.78, 5) is 31.6. The minimum absolute atomic E-state index is 0.0337. The number of hydrogen-bond donors (Lipinski definition) is 2. The molecule has 2 aromatic rings. The van der Waals surface area contributed by atoms with Crippen LogP contribution in [0, 0.1) is 0 Å². The van der Waals surface area contributed by atoms with E-state index in [9.17, 15) is 9.59 Å². The lowest BCUT2D eigenvalue weighted by Gasteiger charge is -2.35. The highest BCUT2D eigenvalue weighted by atomic mass is 32.2. The van der Waals surface area contributed by atoms with Crippen molar-refractivity contribution in [2.75, 3.05) is 12.3 Å². The molecule has 1 aromatic heterocycles. The van der Waals surface area contributed by atoms with E-state index in [2.05, 4.69) is 33.2 Å². The maximum absolute atomic E-state index is 13.1. The molecular weight excluding hydrogens is 410 g/mol. The van der Waals surface area contributed by atoms with Crippen LogP contribution >= 0.6 is 11.8 Å². The number of likely N-dealkylation sites (tertiary alicyclic amines) is 1. The molecule has 4 heterocycles. The summed E-state index contributed by atoms with van der Waals surface area (Å²) in [6.07, 6.45) is 6.76. The summed E-state index contributed by atoms with van der Waals surface area (Å²) >= 11 is 1.94. The van der Waals surface area contributed by atoms with E-state index in [0.29, 0.717) is 11.7 Å². The second kappa shape index (κ2) is 8.73. The van der Waals surface area contributed by atoms with Gasteiger partial charge in [-0.15, -0.1) is 0 Å². The van der Waals surface area contributed by atoms with Crippen molar-refractivity contribution >= 4 is 34.7 Å². The number of unbranched alkanes of at least 4 members (excludes halogenated alkanes) is 1. The van der Waals surface area contributed by atoms with Gasteiger partial charge in [0.1, 0.15) is 5.82 Å². The molecule has 3 aliphatic rings. The number of rotatable bonds is 6.